The van der Waals surface area contributed by atoms with Gasteiger partial charge in [0.15, 0.2) is 0 Å². The van der Waals surface area contributed by atoms with E-state index >= 15 is 0 Å². The van der Waals surface area contributed by atoms with Gasteiger partial charge in [-0.2, -0.15) is 0 Å². The molecule has 82 valence electrons. The van der Waals surface area contributed by atoms with Crippen LogP contribution in [0.15, 0.2) is 28.7 Å². The fourth-order valence-electron chi connectivity index (χ4n) is 2.40. The molecule has 2 unspecified atom stereocenters. The summed E-state index contributed by atoms with van der Waals surface area (Å²) in [5, 5.41) is 0. The molecule has 1 aromatic carbocycles. The molecule has 0 saturated heterocycles. The quantitative estimate of drug-likeness (QED) is 0.770. The van der Waals surface area contributed by atoms with Gasteiger partial charge in [-0.15, -0.1) is 0 Å². The van der Waals surface area contributed by atoms with E-state index in [1.54, 1.807) is 0 Å². The minimum absolute atomic E-state index is 0.436. The topological polar surface area (TPSA) is 26.0 Å². The highest BCUT2D eigenvalue weighted by Crippen LogP contribution is 2.31. The van der Waals surface area contributed by atoms with Crippen molar-refractivity contribution in [1.29, 1.82) is 0 Å². The second-order valence-electron chi connectivity index (χ2n) is 4.52. The zero-order valence-corrected chi connectivity index (χ0v) is 10.5. The van der Waals surface area contributed by atoms with Crippen LogP contribution in [0.1, 0.15) is 43.6 Å². The molecule has 0 radical (unpaired) electrons. The number of halogens is 1. The normalized spacial score (nSPS) is 27.3. The van der Waals surface area contributed by atoms with Crippen LogP contribution >= 0.6 is 15.9 Å². The third-order valence-electron chi connectivity index (χ3n) is 3.35. The zero-order valence-electron chi connectivity index (χ0n) is 8.95. The molecule has 15 heavy (non-hydrogen) atoms. The van der Waals surface area contributed by atoms with Crippen molar-refractivity contribution in [1.82, 2.24) is 0 Å². The lowest BCUT2D eigenvalue weighted by atomic mass is 9.92. The molecule has 0 heterocycles. The van der Waals surface area contributed by atoms with Crippen LogP contribution in [0, 0.1) is 0 Å². The van der Waals surface area contributed by atoms with Crippen molar-refractivity contribution in [2.24, 2.45) is 5.73 Å². The maximum absolute atomic E-state index is 5.99. The molecular weight excluding hydrogens is 250 g/mol. The van der Waals surface area contributed by atoms with Gasteiger partial charge in [0.25, 0.3) is 0 Å². The number of rotatable bonds is 1. The second-order valence-corrected chi connectivity index (χ2v) is 5.43. The number of hydrogen-bond donors (Lipinski definition) is 1. The number of nitrogens with two attached hydrogens (primary N) is 1. The highest BCUT2D eigenvalue weighted by Gasteiger charge is 2.17. The lowest BCUT2D eigenvalue weighted by molar-refractivity contribution is 0.568. The Morgan fingerprint density at radius 3 is 2.47 bits per heavy atom. The molecule has 2 heteroatoms. The average Bonchev–Trinajstić information content (AvgIpc) is 2.44. The predicted octanol–water partition coefficient (Wildman–Crippen LogP) is 3.82. The monoisotopic (exact) mass is 267 g/mol. The maximum Gasteiger partial charge on any atom is 0.0175 e. The lowest BCUT2D eigenvalue weighted by Crippen LogP contribution is -2.17. The van der Waals surface area contributed by atoms with E-state index in [1.807, 2.05) is 0 Å². The van der Waals surface area contributed by atoms with Crippen LogP contribution in [0.3, 0.4) is 0 Å². The Bertz CT molecular complexity index is 307. The lowest BCUT2D eigenvalue weighted by Gasteiger charge is -2.14. The fourth-order valence-corrected chi connectivity index (χ4v) is 2.66. The van der Waals surface area contributed by atoms with Crippen molar-refractivity contribution in [3.63, 3.8) is 0 Å². The van der Waals surface area contributed by atoms with Crippen LogP contribution < -0.4 is 5.73 Å². The maximum atomic E-state index is 5.99. The van der Waals surface area contributed by atoms with E-state index in [0.29, 0.717) is 6.04 Å². The summed E-state index contributed by atoms with van der Waals surface area (Å²) in [6.07, 6.45) is 6.22. The van der Waals surface area contributed by atoms with E-state index in [2.05, 4.69) is 40.2 Å². The molecule has 0 bridgehead atoms. The van der Waals surface area contributed by atoms with Gasteiger partial charge in [-0.05, 0) is 49.3 Å². The van der Waals surface area contributed by atoms with E-state index in [-0.39, 0.29) is 0 Å². The predicted molar refractivity (Wildman–Crippen MR) is 67.9 cm³/mol. The van der Waals surface area contributed by atoms with Gasteiger partial charge in [0.05, 0.1) is 0 Å². The second kappa shape index (κ2) is 5.13. The van der Waals surface area contributed by atoms with Gasteiger partial charge in [0, 0.05) is 10.5 Å². The third-order valence-corrected chi connectivity index (χ3v) is 3.88. The summed E-state index contributed by atoms with van der Waals surface area (Å²) in [4.78, 5) is 0. The van der Waals surface area contributed by atoms with E-state index < -0.39 is 0 Å². The van der Waals surface area contributed by atoms with Gasteiger partial charge in [0.2, 0.25) is 0 Å². The summed E-state index contributed by atoms with van der Waals surface area (Å²) >= 11 is 3.47. The van der Waals surface area contributed by atoms with Crippen molar-refractivity contribution in [2.75, 3.05) is 0 Å². The Kier molecular flexibility index (Phi) is 3.81. The molecule has 1 fully saturated rings. The minimum Gasteiger partial charge on any atom is -0.328 e. The van der Waals surface area contributed by atoms with Crippen LogP contribution in [-0.2, 0) is 0 Å². The van der Waals surface area contributed by atoms with Crippen molar-refractivity contribution >= 4 is 15.9 Å². The molecule has 2 atom stereocenters. The first-order chi connectivity index (χ1) is 7.25. The van der Waals surface area contributed by atoms with Gasteiger partial charge in [-0.25, -0.2) is 0 Å². The SMILES string of the molecule is NC1CCCC(c2ccc(Br)cc2)CC1. The Balaban J connectivity index is 2.06. The van der Waals surface area contributed by atoms with Gasteiger partial charge >= 0.3 is 0 Å². The largest absolute Gasteiger partial charge is 0.328 e. The molecular formula is C13H18BrN. The first kappa shape index (κ1) is 11.2. The molecule has 1 nitrogen and oxygen atoms in total. The van der Waals surface area contributed by atoms with Crippen LogP contribution in [0.5, 0.6) is 0 Å². The van der Waals surface area contributed by atoms with E-state index in [0.717, 1.165) is 10.4 Å². The molecule has 1 aromatic rings. The summed E-state index contributed by atoms with van der Waals surface area (Å²) < 4.78 is 1.16. The highest BCUT2D eigenvalue weighted by molar-refractivity contribution is 9.10. The molecule has 0 aliphatic heterocycles. The minimum atomic E-state index is 0.436. The van der Waals surface area contributed by atoms with Crippen LogP contribution in [0.25, 0.3) is 0 Å². The van der Waals surface area contributed by atoms with Crippen LogP contribution in [0.2, 0.25) is 0 Å². The summed E-state index contributed by atoms with van der Waals surface area (Å²) in [6, 6.07) is 9.20. The Morgan fingerprint density at radius 2 is 1.73 bits per heavy atom. The van der Waals surface area contributed by atoms with E-state index in [9.17, 15) is 0 Å². The first-order valence-electron chi connectivity index (χ1n) is 5.77. The van der Waals surface area contributed by atoms with Gasteiger partial charge < -0.3 is 5.73 Å². The molecule has 0 amide bonds. The summed E-state index contributed by atoms with van der Waals surface area (Å²) in [5.74, 6) is 0.728. The smallest absolute Gasteiger partial charge is 0.0175 e. The highest BCUT2D eigenvalue weighted by atomic mass is 79.9. The molecule has 2 rings (SSSR count). The Labute approximate surface area is 100 Å². The van der Waals surface area contributed by atoms with Crippen molar-refractivity contribution in [3.8, 4) is 0 Å². The van der Waals surface area contributed by atoms with Gasteiger partial charge in [-0.3, -0.25) is 0 Å². The molecule has 0 aromatic heterocycles. The molecule has 0 spiro atoms. The van der Waals surface area contributed by atoms with Crippen LogP contribution in [-0.4, -0.2) is 6.04 Å². The van der Waals surface area contributed by atoms with Gasteiger partial charge in [0.1, 0.15) is 0 Å². The van der Waals surface area contributed by atoms with E-state index in [1.165, 1.54) is 37.7 Å². The standard InChI is InChI=1S/C13H18BrN/c14-12-7-4-11(5-8-12)10-2-1-3-13(15)9-6-10/h4-5,7-8,10,13H,1-3,6,9,15H2. The average molecular weight is 268 g/mol. The van der Waals surface area contributed by atoms with Crippen molar-refractivity contribution in [3.05, 3.63) is 34.3 Å². The molecule has 2 N–H and O–H groups in total. The molecule has 1 aliphatic carbocycles. The Morgan fingerprint density at radius 1 is 1.00 bits per heavy atom. The number of benzene rings is 1. The number of hydrogen-bond acceptors (Lipinski definition) is 1. The summed E-state index contributed by atoms with van der Waals surface area (Å²) in [5.41, 5.74) is 7.47. The zero-order chi connectivity index (χ0) is 10.7. The van der Waals surface area contributed by atoms with Gasteiger partial charge in [-0.1, -0.05) is 34.5 Å². The first-order valence-corrected chi connectivity index (χ1v) is 6.56. The molecule has 1 saturated carbocycles. The summed E-state index contributed by atoms with van der Waals surface area (Å²) in [6.45, 7) is 0. The third kappa shape index (κ3) is 3.05. The fraction of sp³-hybridized carbons (Fsp3) is 0.538. The van der Waals surface area contributed by atoms with E-state index in [4.69, 9.17) is 5.73 Å². The molecule has 1 aliphatic rings. The Hall–Kier alpha value is -0.340. The van der Waals surface area contributed by atoms with Crippen molar-refractivity contribution < 1.29 is 0 Å². The van der Waals surface area contributed by atoms with Crippen molar-refractivity contribution in [2.45, 2.75) is 44.1 Å². The summed E-state index contributed by atoms with van der Waals surface area (Å²) in [7, 11) is 0. The van der Waals surface area contributed by atoms with Crippen LogP contribution in [0.4, 0.5) is 0 Å².